The van der Waals surface area contributed by atoms with Crippen LogP contribution in [0.4, 0.5) is 5.82 Å². The van der Waals surface area contributed by atoms with Crippen molar-refractivity contribution in [1.29, 1.82) is 0 Å². The number of rotatable bonds is 6. The lowest BCUT2D eigenvalue weighted by atomic mass is 10.3. The van der Waals surface area contributed by atoms with E-state index in [4.69, 9.17) is 9.47 Å². The SMILES string of the molecule is COc1ccc(OCCNc2ccccn2)c(Br)c1. The highest BCUT2D eigenvalue weighted by Crippen LogP contribution is 2.28. The minimum Gasteiger partial charge on any atom is -0.497 e. The molecule has 100 valence electrons. The van der Waals surface area contributed by atoms with Crippen molar-refractivity contribution in [2.45, 2.75) is 0 Å². The first-order valence-corrected chi connectivity index (χ1v) is 6.70. The van der Waals surface area contributed by atoms with Crippen molar-refractivity contribution in [1.82, 2.24) is 4.98 Å². The maximum absolute atomic E-state index is 5.67. The number of nitrogens with one attached hydrogen (secondary N) is 1. The van der Waals surface area contributed by atoms with E-state index in [1.54, 1.807) is 13.3 Å². The third kappa shape index (κ3) is 4.13. The van der Waals surface area contributed by atoms with Gasteiger partial charge in [0, 0.05) is 6.20 Å². The molecule has 0 saturated heterocycles. The summed E-state index contributed by atoms with van der Waals surface area (Å²) >= 11 is 3.45. The van der Waals surface area contributed by atoms with Gasteiger partial charge in [-0.25, -0.2) is 4.98 Å². The molecule has 2 aromatic rings. The van der Waals surface area contributed by atoms with Gasteiger partial charge < -0.3 is 14.8 Å². The Labute approximate surface area is 120 Å². The van der Waals surface area contributed by atoms with E-state index in [0.717, 1.165) is 21.8 Å². The van der Waals surface area contributed by atoms with Crippen LogP contribution in [0.5, 0.6) is 11.5 Å². The molecule has 0 unspecified atom stereocenters. The molecule has 2 rings (SSSR count). The summed E-state index contributed by atoms with van der Waals surface area (Å²) in [6.45, 7) is 1.25. The van der Waals surface area contributed by atoms with E-state index < -0.39 is 0 Å². The van der Waals surface area contributed by atoms with E-state index in [1.807, 2.05) is 36.4 Å². The van der Waals surface area contributed by atoms with Crippen molar-refractivity contribution in [2.24, 2.45) is 0 Å². The van der Waals surface area contributed by atoms with Crippen LogP contribution in [0, 0.1) is 0 Å². The van der Waals surface area contributed by atoms with Gasteiger partial charge in [-0.2, -0.15) is 0 Å². The first-order chi connectivity index (χ1) is 9.29. The van der Waals surface area contributed by atoms with E-state index in [2.05, 4.69) is 26.2 Å². The summed E-state index contributed by atoms with van der Waals surface area (Å²) in [5.41, 5.74) is 0. The Balaban J connectivity index is 1.80. The predicted octanol–water partition coefficient (Wildman–Crippen LogP) is 3.34. The minimum atomic E-state index is 0.557. The number of pyridine rings is 1. The summed E-state index contributed by atoms with van der Waals surface area (Å²) in [5, 5.41) is 3.18. The Kier molecular flexibility index (Phi) is 5.03. The van der Waals surface area contributed by atoms with Crippen molar-refractivity contribution in [3.63, 3.8) is 0 Å². The lowest BCUT2D eigenvalue weighted by Gasteiger charge is -2.10. The summed E-state index contributed by atoms with van der Waals surface area (Å²) in [6.07, 6.45) is 1.75. The summed E-state index contributed by atoms with van der Waals surface area (Å²) in [4.78, 5) is 4.17. The number of nitrogens with zero attached hydrogens (tertiary/aromatic N) is 1. The molecule has 0 saturated carbocycles. The van der Waals surface area contributed by atoms with Gasteiger partial charge in [-0.15, -0.1) is 0 Å². The molecule has 0 bridgehead atoms. The van der Waals surface area contributed by atoms with Crippen molar-refractivity contribution >= 4 is 21.7 Å². The van der Waals surface area contributed by atoms with E-state index in [0.29, 0.717) is 13.2 Å². The molecule has 1 aromatic carbocycles. The first kappa shape index (κ1) is 13.7. The van der Waals surface area contributed by atoms with Gasteiger partial charge in [-0.1, -0.05) is 6.07 Å². The number of benzene rings is 1. The second-order valence-corrected chi connectivity index (χ2v) is 4.64. The molecule has 0 aliphatic heterocycles. The molecule has 5 heteroatoms. The van der Waals surface area contributed by atoms with Gasteiger partial charge in [-0.3, -0.25) is 0 Å². The fourth-order valence-electron chi connectivity index (χ4n) is 1.53. The van der Waals surface area contributed by atoms with Gasteiger partial charge in [-0.05, 0) is 46.3 Å². The van der Waals surface area contributed by atoms with Crippen LogP contribution in [-0.2, 0) is 0 Å². The minimum absolute atomic E-state index is 0.557. The normalized spacial score (nSPS) is 10.0. The molecule has 0 aliphatic carbocycles. The van der Waals surface area contributed by atoms with Crippen LogP contribution in [0.3, 0.4) is 0 Å². The molecule has 1 heterocycles. The number of halogens is 1. The zero-order valence-electron chi connectivity index (χ0n) is 10.6. The third-order valence-corrected chi connectivity index (χ3v) is 3.09. The maximum atomic E-state index is 5.67. The topological polar surface area (TPSA) is 43.4 Å². The van der Waals surface area contributed by atoms with Gasteiger partial charge in [0.05, 0.1) is 18.1 Å². The van der Waals surface area contributed by atoms with E-state index in [9.17, 15) is 0 Å². The van der Waals surface area contributed by atoms with Gasteiger partial charge in [0.1, 0.15) is 23.9 Å². The van der Waals surface area contributed by atoms with Crippen LogP contribution < -0.4 is 14.8 Å². The van der Waals surface area contributed by atoms with Crippen LogP contribution in [0.25, 0.3) is 0 Å². The highest BCUT2D eigenvalue weighted by atomic mass is 79.9. The van der Waals surface area contributed by atoms with Crippen LogP contribution in [-0.4, -0.2) is 25.2 Å². The highest BCUT2D eigenvalue weighted by Gasteiger charge is 2.02. The molecular weight excluding hydrogens is 308 g/mol. The van der Waals surface area contributed by atoms with Crippen molar-refractivity contribution in [3.05, 3.63) is 47.1 Å². The van der Waals surface area contributed by atoms with E-state index in [-0.39, 0.29) is 0 Å². The van der Waals surface area contributed by atoms with Gasteiger partial charge >= 0.3 is 0 Å². The van der Waals surface area contributed by atoms with Crippen LogP contribution >= 0.6 is 15.9 Å². The monoisotopic (exact) mass is 322 g/mol. The molecule has 0 radical (unpaired) electrons. The second-order valence-electron chi connectivity index (χ2n) is 3.79. The summed E-state index contributed by atoms with van der Waals surface area (Å²) in [5.74, 6) is 2.44. The smallest absolute Gasteiger partial charge is 0.133 e. The molecule has 0 aliphatic rings. The molecule has 19 heavy (non-hydrogen) atoms. The molecule has 1 N–H and O–H groups in total. The Morgan fingerprint density at radius 2 is 2.16 bits per heavy atom. The summed E-state index contributed by atoms with van der Waals surface area (Å²) < 4.78 is 11.7. The lowest BCUT2D eigenvalue weighted by molar-refractivity contribution is 0.329. The maximum Gasteiger partial charge on any atom is 0.133 e. The van der Waals surface area contributed by atoms with Crippen LogP contribution in [0.15, 0.2) is 47.1 Å². The fourth-order valence-corrected chi connectivity index (χ4v) is 2.01. The quantitative estimate of drug-likeness (QED) is 0.828. The molecular formula is C14H15BrN2O2. The standard InChI is InChI=1S/C14H15BrN2O2/c1-18-11-5-6-13(12(15)10-11)19-9-8-17-14-4-2-3-7-16-14/h2-7,10H,8-9H2,1H3,(H,16,17). The van der Waals surface area contributed by atoms with Gasteiger partial charge in [0.15, 0.2) is 0 Å². The Bertz CT molecular complexity index is 520. The van der Waals surface area contributed by atoms with Crippen LogP contribution in [0.2, 0.25) is 0 Å². The zero-order valence-corrected chi connectivity index (χ0v) is 12.2. The predicted molar refractivity (Wildman–Crippen MR) is 78.9 cm³/mol. The number of methoxy groups -OCH3 is 1. The highest BCUT2D eigenvalue weighted by molar-refractivity contribution is 9.10. The summed E-state index contributed by atoms with van der Waals surface area (Å²) in [7, 11) is 1.64. The molecule has 0 spiro atoms. The Morgan fingerprint density at radius 1 is 1.26 bits per heavy atom. The molecule has 1 aromatic heterocycles. The van der Waals surface area contributed by atoms with Crippen molar-refractivity contribution < 1.29 is 9.47 Å². The third-order valence-electron chi connectivity index (χ3n) is 2.47. The fraction of sp³-hybridized carbons (Fsp3) is 0.214. The zero-order chi connectivity index (χ0) is 13.5. The molecule has 0 fully saturated rings. The largest absolute Gasteiger partial charge is 0.497 e. The second kappa shape index (κ2) is 6.99. The average Bonchev–Trinajstić information content (AvgIpc) is 2.46. The number of aromatic nitrogens is 1. The van der Waals surface area contributed by atoms with E-state index >= 15 is 0 Å². The first-order valence-electron chi connectivity index (χ1n) is 5.91. The molecule has 4 nitrogen and oxygen atoms in total. The number of hydrogen-bond donors (Lipinski definition) is 1. The molecule has 0 atom stereocenters. The van der Waals surface area contributed by atoms with Gasteiger partial charge in [0.2, 0.25) is 0 Å². The Morgan fingerprint density at radius 3 is 2.84 bits per heavy atom. The average molecular weight is 323 g/mol. The Hall–Kier alpha value is -1.75. The van der Waals surface area contributed by atoms with E-state index in [1.165, 1.54) is 0 Å². The van der Waals surface area contributed by atoms with Crippen molar-refractivity contribution in [3.8, 4) is 11.5 Å². The van der Waals surface area contributed by atoms with Crippen LogP contribution in [0.1, 0.15) is 0 Å². The number of anilines is 1. The lowest BCUT2D eigenvalue weighted by Crippen LogP contribution is -2.12. The van der Waals surface area contributed by atoms with Gasteiger partial charge in [0.25, 0.3) is 0 Å². The molecule has 0 amide bonds. The number of hydrogen-bond acceptors (Lipinski definition) is 4. The summed E-state index contributed by atoms with van der Waals surface area (Å²) in [6, 6.07) is 11.4. The van der Waals surface area contributed by atoms with Crippen molar-refractivity contribution in [2.75, 3.05) is 25.6 Å². The number of ether oxygens (including phenoxy) is 2.